The second-order valence-electron chi connectivity index (χ2n) is 10.6. The van der Waals surface area contributed by atoms with Crippen LogP contribution < -0.4 is 4.74 Å². The number of ether oxygens (including phenoxy) is 2. The summed E-state index contributed by atoms with van der Waals surface area (Å²) in [4.78, 5) is 24.8. The Balaban J connectivity index is 1.33. The minimum absolute atomic E-state index is 0.198. The van der Waals surface area contributed by atoms with Gasteiger partial charge in [0.05, 0.1) is 12.1 Å². The fourth-order valence-electron chi connectivity index (χ4n) is 4.53. The SMILES string of the molecule is CC(C)n1ncnc1-c1cn2c(n1)-c1cc(SC3CCN(C(=O)OC(C)(C)C)CC3)ccc1OCC2. The molecule has 0 unspecified atom stereocenters. The van der Waals surface area contributed by atoms with Crippen LogP contribution in [-0.4, -0.2) is 65.9 Å². The number of hydrogen-bond donors (Lipinski definition) is 0. The van der Waals surface area contributed by atoms with Gasteiger partial charge in [0, 0.05) is 35.5 Å². The lowest BCUT2D eigenvalue weighted by molar-refractivity contribution is 0.0219. The van der Waals surface area contributed by atoms with E-state index in [4.69, 9.17) is 14.5 Å². The summed E-state index contributed by atoms with van der Waals surface area (Å²) in [5, 5.41) is 4.81. The quantitative estimate of drug-likeness (QED) is 0.472. The van der Waals surface area contributed by atoms with Gasteiger partial charge in [0.15, 0.2) is 5.82 Å². The van der Waals surface area contributed by atoms with Crippen molar-refractivity contribution in [3.8, 4) is 28.7 Å². The van der Waals surface area contributed by atoms with Gasteiger partial charge in [0.2, 0.25) is 0 Å². The fraction of sp³-hybridized carbons (Fsp3) is 0.538. The topological polar surface area (TPSA) is 87.3 Å². The molecule has 0 radical (unpaired) electrons. The molecule has 5 rings (SSSR count). The van der Waals surface area contributed by atoms with Crippen molar-refractivity contribution < 1.29 is 14.3 Å². The van der Waals surface area contributed by atoms with Crippen LogP contribution in [-0.2, 0) is 11.3 Å². The van der Waals surface area contributed by atoms with Crippen molar-refractivity contribution in [2.75, 3.05) is 19.7 Å². The summed E-state index contributed by atoms with van der Waals surface area (Å²) in [6.07, 6.45) is 5.27. The molecule has 36 heavy (non-hydrogen) atoms. The van der Waals surface area contributed by atoms with Gasteiger partial charge in [-0.1, -0.05) is 0 Å². The van der Waals surface area contributed by atoms with Gasteiger partial charge in [-0.15, -0.1) is 11.8 Å². The molecule has 1 saturated heterocycles. The van der Waals surface area contributed by atoms with E-state index in [1.165, 1.54) is 4.90 Å². The van der Waals surface area contributed by atoms with Crippen LogP contribution in [0.3, 0.4) is 0 Å². The highest BCUT2D eigenvalue weighted by molar-refractivity contribution is 8.00. The molecule has 192 valence electrons. The summed E-state index contributed by atoms with van der Waals surface area (Å²) < 4.78 is 15.6. The molecule has 4 heterocycles. The molecule has 2 aliphatic heterocycles. The molecule has 0 aliphatic carbocycles. The number of carbonyl (C=O) groups is 1. The number of fused-ring (bicyclic) bond motifs is 3. The molecule has 10 heteroatoms. The standard InChI is InChI=1S/C26H34N6O3S/c1-17(2)32-24(27-16-28-32)21-15-31-12-13-34-22-7-6-19(14-20(22)23(31)29-21)36-18-8-10-30(11-9-18)25(33)35-26(3,4)5/h6-7,14-18H,8-13H2,1-5H3. The molecule has 3 aromatic rings. The van der Waals surface area contributed by atoms with Gasteiger partial charge >= 0.3 is 6.09 Å². The van der Waals surface area contributed by atoms with E-state index in [0.717, 1.165) is 48.0 Å². The van der Waals surface area contributed by atoms with E-state index in [0.29, 0.717) is 24.9 Å². The van der Waals surface area contributed by atoms with Crippen LogP contribution in [0.5, 0.6) is 5.75 Å². The minimum atomic E-state index is -0.470. The number of carbonyl (C=O) groups excluding carboxylic acids is 1. The van der Waals surface area contributed by atoms with Crippen LogP contribution in [0.15, 0.2) is 35.6 Å². The van der Waals surface area contributed by atoms with E-state index in [2.05, 4.69) is 40.6 Å². The predicted molar refractivity (Wildman–Crippen MR) is 139 cm³/mol. The molecule has 9 nitrogen and oxygen atoms in total. The van der Waals surface area contributed by atoms with Crippen molar-refractivity contribution in [2.24, 2.45) is 0 Å². The molecule has 0 bridgehead atoms. The lowest BCUT2D eigenvalue weighted by Crippen LogP contribution is -2.42. The number of aromatic nitrogens is 5. The maximum atomic E-state index is 12.4. The zero-order chi connectivity index (χ0) is 25.4. The highest BCUT2D eigenvalue weighted by Crippen LogP contribution is 2.39. The summed E-state index contributed by atoms with van der Waals surface area (Å²) in [7, 11) is 0. The average Bonchev–Trinajstić information content (AvgIpc) is 3.43. The largest absolute Gasteiger partial charge is 0.491 e. The Morgan fingerprint density at radius 1 is 1.17 bits per heavy atom. The zero-order valence-electron chi connectivity index (χ0n) is 21.6. The van der Waals surface area contributed by atoms with Gasteiger partial charge in [0.25, 0.3) is 0 Å². The fourth-order valence-corrected chi connectivity index (χ4v) is 5.70. The Kier molecular flexibility index (Phi) is 6.72. The number of likely N-dealkylation sites (tertiary alicyclic amines) is 1. The molecule has 1 fully saturated rings. The van der Waals surface area contributed by atoms with Crippen LogP contribution in [0.4, 0.5) is 4.79 Å². The maximum absolute atomic E-state index is 12.4. The number of hydrogen-bond acceptors (Lipinski definition) is 7. The van der Waals surface area contributed by atoms with Crippen molar-refractivity contribution >= 4 is 17.9 Å². The van der Waals surface area contributed by atoms with Crippen LogP contribution in [0.25, 0.3) is 22.9 Å². The lowest BCUT2D eigenvalue weighted by atomic mass is 10.1. The molecule has 2 aromatic heterocycles. The molecule has 1 aromatic carbocycles. The van der Waals surface area contributed by atoms with Gasteiger partial charge in [-0.2, -0.15) is 5.10 Å². The third-order valence-corrected chi connectivity index (χ3v) is 7.58. The molecule has 0 spiro atoms. The first-order valence-corrected chi connectivity index (χ1v) is 13.4. The Labute approximate surface area is 216 Å². The number of thioether (sulfide) groups is 1. The number of imidazole rings is 1. The number of piperidine rings is 1. The van der Waals surface area contributed by atoms with Crippen LogP contribution in [0, 0.1) is 0 Å². The Morgan fingerprint density at radius 2 is 1.94 bits per heavy atom. The third-order valence-electron chi connectivity index (χ3n) is 6.25. The van der Waals surface area contributed by atoms with E-state index in [1.54, 1.807) is 6.33 Å². The van der Waals surface area contributed by atoms with Crippen LogP contribution >= 0.6 is 11.8 Å². The van der Waals surface area contributed by atoms with Crippen molar-refractivity contribution in [1.82, 2.24) is 29.2 Å². The predicted octanol–water partition coefficient (Wildman–Crippen LogP) is 5.27. The summed E-state index contributed by atoms with van der Waals surface area (Å²) in [6.45, 7) is 12.6. The second kappa shape index (κ2) is 9.80. The summed E-state index contributed by atoms with van der Waals surface area (Å²) in [5.41, 5.74) is 1.34. The maximum Gasteiger partial charge on any atom is 0.410 e. The Bertz CT molecular complexity index is 1240. The van der Waals surface area contributed by atoms with Gasteiger partial charge in [-0.25, -0.2) is 19.4 Å². The third kappa shape index (κ3) is 5.23. The van der Waals surface area contributed by atoms with Gasteiger partial charge in [-0.3, -0.25) is 0 Å². The number of rotatable bonds is 4. The lowest BCUT2D eigenvalue weighted by Gasteiger charge is -2.33. The molecule has 0 atom stereocenters. The molecule has 0 saturated carbocycles. The van der Waals surface area contributed by atoms with Crippen LogP contribution in [0.1, 0.15) is 53.5 Å². The smallest absolute Gasteiger partial charge is 0.410 e. The monoisotopic (exact) mass is 510 g/mol. The van der Waals surface area contributed by atoms with E-state index < -0.39 is 5.60 Å². The minimum Gasteiger partial charge on any atom is -0.491 e. The van der Waals surface area contributed by atoms with E-state index in [-0.39, 0.29) is 12.1 Å². The highest BCUT2D eigenvalue weighted by Gasteiger charge is 2.28. The van der Waals surface area contributed by atoms with Crippen molar-refractivity contribution in [2.45, 2.75) is 75.8 Å². The normalized spacial score (nSPS) is 16.3. The first kappa shape index (κ1) is 24.7. The highest BCUT2D eigenvalue weighted by atomic mass is 32.2. The number of amides is 1. The van der Waals surface area contributed by atoms with Gasteiger partial charge in [0.1, 0.15) is 35.8 Å². The van der Waals surface area contributed by atoms with Crippen LogP contribution in [0.2, 0.25) is 0 Å². The summed E-state index contributed by atoms with van der Waals surface area (Å²) in [5.74, 6) is 2.51. The average molecular weight is 511 g/mol. The number of benzene rings is 1. The van der Waals surface area contributed by atoms with E-state index >= 15 is 0 Å². The van der Waals surface area contributed by atoms with Crippen molar-refractivity contribution in [3.05, 3.63) is 30.7 Å². The van der Waals surface area contributed by atoms with E-state index in [1.807, 2.05) is 54.4 Å². The molecule has 2 aliphatic rings. The number of nitrogens with zero attached hydrogens (tertiary/aromatic N) is 6. The van der Waals surface area contributed by atoms with Crippen molar-refractivity contribution in [3.63, 3.8) is 0 Å². The first-order chi connectivity index (χ1) is 17.2. The van der Waals surface area contributed by atoms with Crippen molar-refractivity contribution in [1.29, 1.82) is 0 Å². The van der Waals surface area contributed by atoms with Gasteiger partial charge < -0.3 is 18.9 Å². The Morgan fingerprint density at radius 3 is 2.67 bits per heavy atom. The Hall–Kier alpha value is -3.01. The molecule has 0 N–H and O–H groups in total. The summed E-state index contributed by atoms with van der Waals surface area (Å²) in [6, 6.07) is 6.55. The molecule has 1 amide bonds. The molecular weight excluding hydrogens is 476 g/mol. The first-order valence-electron chi connectivity index (χ1n) is 12.6. The zero-order valence-corrected chi connectivity index (χ0v) is 22.4. The summed E-state index contributed by atoms with van der Waals surface area (Å²) >= 11 is 1.86. The van der Waals surface area contributed by atoms with Gasteiger partial charge in [-0.05, 0) is 65.7 Å². The molecular formula is C26H34N6O3S. The van der Waals surface area contributed by atoms with E-state index in [9.17, 15) is 4.79 Å². The second-order valence-corrected chi connectivity index (χ2v) is 11.9.